The highest BCUT2D eigenvalue weighted by atomic mass is 32.1. The first-order valence-corrected chi connectivity index (χ1v) is 4.94. The highest BCUT2D eigenvalue weighted by Crippen LogP contribution is 2.25. The summed E-state index contributed by atoms with van der Waals surface area (Å²) in [5.74, 6) is 0.730. The second kappa shape index (κ2) is 3.63. The second-order valence-electron chi connectivity index (χ2n) is 2.83. The first kappa shape index (κ1) is 8.96. The number of aromatic nitrogens is 2. The lowest BCUT2D eigenvalue weighted by atomic mass is 10.2. The quantitative estimate of drug-likeness (QED) is 0.767. The molecule has 4 nitrogen and oxygen atoms in total. The molecule has 2 aromatic rings. The highest BCUT2D eigenvalue weighted by Gasteiger charge is 2.01. The average Bonchev–Trinajstić information content (AvgIpc) is 2.64. The molecule has 0 aliphatic heterocycles. The zero-order valence-electron chi connectivity index (χ0n) is 7.60. The summed E-state index contributed by atoms with van der Waals surface area (Å²) in [5, 5.41) is 7.99. The molecule has 0 spiro atoms. The molecule has 1 heterocycles. The first-order chi connectivity index (χ1) is 6.75. The van der Waals surface area contributed by atoms with Crippen molar-refractivity contribution in [1.29, 1.82) is 0 Å². The molecular formula is C9H9N3OS. The third-order valence-electron chi connectivity index (χ3n) is 1.79. The Labute approximate surface area is 85.4 Å². The van der Waals surface area contributed by atoms with E-state index in [0.29, 0.717) is 5.19 Å². The molecule has 0 bridgehead atoms. The Morgan fingerprint density at radius 1 is 1.43 bits per heavy atom. The Kier molecular flexibility index (Phi) is 2.32. The first-order valence-electron chi connectivity index (χ1n) is 4.06. The summed E-state index contributed by atoms with van der Waals surface area (Å²) >= 11 is 1.35. The SMILES string of the molecule is Cc1cc(Oc2nncs2)ccc1N. The van der Waals surface area contributed by atoms with Gasteiger partial charge in [0.2, 0.25) is 0 Å². The summed E-state index contributed by atoms with van der Waals surface area (Å²) in [6.07, 6.45) is 0. The fourth-order valence-corrected chi connectivity index (χ4v) is 1.44. The molecule has 1 aromatic heterocycles. The van der Waals surface area contributed by atoms with Gasteiger partial charge in [-0.1, -0.05) is 16.4 Å². The van der Waals surface area contributed by atoms with Crippen molar-refractivity contribution in [2.75, 3.05) is 5.73 Å². The number of hydrogen-bond acceptors (Lipinski definition) is 5. The lowest BCUT2D eigenvalue weighted by Gasteiger charge is -2.03. The van der Waals surface area contributed by atoms with Crippen molar-refractivity contribution in [2.24, 2.45) is 0 Å². The monoisotopic (exact) mass is 207 g/mol. The van der Waals surface area contributed by atoms with Gasteiger partial charge in [-0.25, -0.2) is 0 Å². The topological polar surface area (TPSA) is 61.0 Å². The van der Waals surface area contributed by atoms with Crippen molar-refractivity contribution in [1.82, 2.24) is 10.2 Å². The van der Waals surface area contributed by atoms with Crippen LogP contribution in [0.25, 0.3) is 0 Å². The maximum Gasteiger partial charge on any atom is 0.299 e. The third kappa shape index (κ3) is 1.82. The van der Waals surface area contributed by atoms with Crippen molar-refractivity contribution in [2.45, 2.75) is 6.92 Å². The van der Waals surface area contributed by atoms with Gasteiger partial charge in [-0.05, 0) is 30.7 Å². The number of anilines is 1. The maximum absolute atomic E-state index is 5.68. The van der Waals surface area contributed by atoms with Crippen LogP contribution >= 0.6 is 11.3 Å². The van der Waals surface area contributed by atoms with Crippen molar-refractivity contribution in [3.8, 4) is 10.9 Å². The van der Waals surface area contributed by atoms with Gasteiger partial charge < -0.3 is 10.5 Å². The summed E-state index contributed by atoms with van der Waals surface area (Å²) in [6.45, 7) is 1.93. The molecule has 5 heteroatoms. The number of nitrogen functional groups attached to an aromatic ring is 1. The van der Waals surface area contributed by atoms with Crippen LogP contribution in [0.2, 0.25) is 0 Å². The van der Waals surface area contributed by atoms with Gasteiger partial charge >= 0.3 is 0 Å². The van der Waals surface area contributed by atoms with E-state index in [9.17, 15) is 0 Å². The molecule has 72 valence electrons. The molecule has 0 saturated carbocycles. The standard InChI is InChI=1S/C9H9N3OS/c1-6-4-7(2-3-8(6)10)13-9-12-11-5-14-9/h2-5H,10H2,1H3. The molecule has 0 radical (unpaired) electrons. The lowest BCUT2D eigenvalue weighted by molar-refractivity contribution is 0.473. The molecule has 2 N–H and O–H groups in total. The van der Waals surface area contributed by atoms with Crippen LogP contribution in [0.4, 0.5) is 5.69 Å². The van der Waals surface area contributed by atoms with Crippen LogP contribution in [0.3, 0.4) is 0 Å². The Balaban J connectivity index is 2.22. The van der Waals surface area contributed by atoms with Gasteiger partial charge in [0.05, 0.1) is 0 Å². The van der Waals surface area contributed by atoms with Gasteiger partial charge in [-0.3, -0.25) is 0 Å². The van der Waals surface area contributed by atoms with Gasteiger partial charge in [-0.2, -0.15) is 0 Å². The molecule has 14 heavy (non-hydrogen) atoms. The summed E-state index contributed by atoms with van der Waals surface area (Å²) < 4.78 is 5.44. The fourth-order valence-electron chi connectivity index (χ4n) is 1.02. The number of hydrogen-bond donors (Lipinski definition) is 1. The third-order valence-corrected chi connectivity index (χ3v) is 2.35. The smallest absolute Gasteiger partial charge is 0.299 e. The van der Waals surface area contributed by atoms with Gasteiger partial charge in [0.1, 0.15) is 11.3 Å². The van der Waals surface area contributed by atoms with Gasteiger partial charge in [0, 0.05) is 5.69 Å². The van der Waals surface area contributed by atoms with Crippen molar-refractivity contribution >= 4 is 17.0 Å². The lowest BCUT2D eigenvalue weighted by Crippen LogP contribution is -1.90. The van der Waals surface area contributed by atoms with E-state index in [0.717, 1.165) is 17.0 Å². The minimum Gasteiger partial charge on any atom is -0.430 e. The van der Waals surface area contributed by atoms with E-state index in [2.05, 4.69) is 10.2 Å². The van der Waals surface area contributed by atoms with Crippen molar-refractivity contribution in [3.63, 3.8) is 0 Å². The minimum atomic E-state index is 0.536. The zero-order chi connectivity index (χ0) is 9.97. The number of benzene rings is 1. The molecule has 2 rings (SSSR count). The Hall–Kier alpha value is -1.62. The van der Waals surface area contributed by atoms with Crippen molar-refractivity contribution < 1.29 is 4.74 Å². The summed E-state index contributed by atoms with van der Waals surface area (Å²) in [6, 6.07) is 5.49. The zero-order valence-corrected chi connectivity index (χ0v) is 8.41. The van der Waals surface area contributed by atoms with Crippen LogP contribution in [-0.2, 0) is 0 Å². The summed E-state index contributed by atoms with van der Waals surface area (Å²) in [7, 11) is 0. The van der Waals surface area contributed by atoms with Crippen LogP contribution in [0.15, 0.2) is 23.7 Å². The van der Waals surface area contributed by atoms with Crippen LogP contribution in [0.5, 0.6) is 10.9 Å². The van der Waals surface area contributed by atoms with Gasteiger partial charge in [0.15, 0.2) is 0 Å². The summed E-state index contributed by atoms with van der Waals surface area (Å²) in [5.41, 5.74) is 9.06. The Morgan fingerprint density at radius 2 is 2.29 bits per heavy atom. The van der Waals surface area contributed by atoms with Gasteiger partial charge in [-0.15, -0.1) is 5.10 Å². The molecule has 0 amide bonds. The van der Waals surface area contributed by atoms with E-state index in [1.807, 2.05) is 25.1 Å². The number of ether oxygens (including phenoxy) is 1. The number of nitrogens with zero attached hydrogens (tertiary/aromatic N) is 2. The molecule has 1 aromatic carbocycles. The maximum atomic E-state index is 5.68. The molecular weight excluding hydrogens is 198 g/mol. The van der Waals surface area contributed by atoms with E-state index in [4.69, 9.17) is 10.5 Å². The highest BCUT2D eigenvalue weighted by molar-refractivity contribution is 7.11. The van der Waals surface area contributed by atoms with Crippen LogP contribution in [-0.4, -0.2) is 10.2 Å². The minimum absolute atomic E-state index is 0.536. The molecule has 0 saturated heterocycles. The normalized spacial score (nSPS) is 10.1. The molecule has 0 unspecified atom stereocenters. The average molecular weight is 207 g/mol. The molecule has 0 aliphatic carbocycles. The Bertz CT molecular complexity index is 428. The fraction of sp³-hybridized carbons (Fsp3) is 0.111. The second-order valence-corrected chi connectivity index (χ2v) is 3.62. The van der Waals surface area contributed by atoms with Crippen LogP contribution in [0.1, 0.15) is 5.56 Å². The Morgan fingerprint density at radius 3 is 2.93 bits per heavy atom. The predicted octanol–water partition coefficient (Wildman–Crippen LogP) is 2.22. The van der Waals surface area contributed by atoms with E-state index < -0.39 is 0 Å². The van der Waals surface area contributed by atoms with Crippen molar-refractivity contribution in [3.05, 3.63) is 29.3 Å². The predicted molar refractivity (Wildman–Crippen MR) is 55.6 cm³/mol. The molecule has 0 atom stereocenters. The van der Waals surface area contributed by atoms with E-state index in [1.54, 1.807) is 5.51 Å². The van der Waals surface area contributed by atoms with Gasteiger partial charge in [0.25, 0.3) is 5.19 Å². The largest absolute Gasteiger partial charge is 0.430 e. The van der Waals surface area contributed by atoms with Crippen LogP contribution < -0.4 is 10.5 Å². The molecule has 0 aliphatic rings. The number of aryl methyl sites for hydroxylation is 1. The molecule has 0 fully saturated rings. The number of nitrogens with two attached hydrogens (primary N) is 1. The summed E-state index contributed by atoms with van der Waals surface area (Å²) in [4.78, 5) is 0. The van der Waals surface area contributed by atoms with Crippen LogP contribution in [0, 0.1) is 6.92 Å². The van der Waals surface area contributed by atoms with E-state index in [1.165, 1.54) is 11.3 Å². The van der Waals surface area contributed by atoms with E-state index >= 15 is 0 Å². The number of rotatable bonds is 2. The van der Waals surface area contributed by atoms with E-state index in [-0.39, 0.29) is 0 Å².